The summed E-state index contributed by atoms with van der Waals surface area (Å²) < 4.78 is 1.76. The molecule has 1 aromatic carbocycles. The summed E-state index contributed by atoms with van der Waals surface area (Å²) in [6, 6.07) is 6.44. The Morgan fingerprint density at radius 1 is 1.26 bits per heavy atom. The molecule has 0 saturated heterocycles. The van der Waals surface area contributed by atoms with Crippen LogP contribution >= 0.6 is 11.6 Å². The van der Waals surface area contributed by atoms with Crippen LogP contribution in [0.2, 0.25) is 5.02 Å². The fraction of sp³-hybridized carbons (Fsp3) is 0.267. The molecule has 8 heteroatoms. The Hall–Kier alpha value is -2.54. The summed E-state index contributed by atoms with van der Waals surface area (Å²) in [6.07, 6.45) is 2.40. The minimum atomic E-state index is -0.330. The number of aromatic nitrogens is 2. The van der Waals surface area contributed by atoms with Crippen LogP contribution in [0.4, 0.5) is 16.2 Å². The van der Waals surface area contributed by atoms with Gasteiger partial charge in [0.2, 0.25) is 5.91 Å². The molecular formula is C15H18ClN5O2. The van der Waals surface area contributed by atoms with Gasteiger partial charge in [-0.1, -0.05) is 11.6 Å². The summed E-state index contributed by atoms with van der Waals surface area (Å²) in [7, 11) is 1.85. The van der Waals surface area contributed by atoms with Gasteiger partial charge in [0.25, 0.3) is 0 Å². The number of aryl methyl sites for hydroxylation is 1. The van der Waals surface area contributed by atoms with Crippen LogP contribution in [0.25, 0.3) is 0 Å². The van der Waals surface area contributed by atoms with E-state index in [4.69, 9.17) is 11.6 Å². The van der Waals surface area contributed by atoms with Gasteiger partial charge in [-0.2, -0.15) is 5.10 Å². The Labute approximate surface area is 139 Å². The number of nitrogens with zero attached hydrogens (tertiary/aromatic N) is 2. The molecule has 0 spiro atoms. The second-order valence-corrected chi connectivity index (χ2v) is 5.36. The van der Waals surface area contributed by atoms with Crippen molar-refractivity contribution in [3.8, 4) is 0 Å². The van der Waals surface area contributed by atoms with Crippen LogP contribution in [-0.2, 0) is 18.3 Å². The van der Waals surface area contributed by atoms with Crippen LogP contribution in [0.1, 0.15) is 12.6 Å². The molecule has 0 bridgehead atoms. The quantitative estimate of drug-likeness (QED) is 0.784. The van der Waals surface area contributed by atoms with Crippen LogP contribution in [-0.4, -0.2) is 28.3 Å². The molecule has 2 aromatic rings. The highest BCUT2D eigenvalue weighted by Gasteiger charge is 2.07. The van der Waals surface area contributed by atoms with E-state index in [1.807, 2.05) is 13.1 Å². The molecule has 0 fully saturated rings. The van der Waals surface area contributed by atoms with E-state index in [0.29, 0.717) is 29.4 Å². The first-order valence-corrected chi connectivity index (χ1v) is 7.42. The maximum absolute atomic E-state index is 11.9. The van der Waals surface area contributed by atoms with Gasteiger partial charge in [-0.15, -0.1) is 0 Å². The molecule has 0 unspecified atom stereocenters. The van der Waals surface area contributed by atoms with Gasteiger partial charge in [-0.3, -0.25) is 9.48 Å². The van der Waals surface area contributed by atoms with E-state index < -0.39 is 0 Å². The number of rotatable bonds is 5. The molecule has 1 heterocycles. The van der Waals surface area contributed by atoms with Crippen LogP contribution in [0.15, 0.2) is 30.5 Å². The van der Waals surface area contributed by atoms with Crippen molar-refractivity contribution in [1.82, 2.24) is 15.1 Å². The summed E-state index contributed by atoms with van der Waals surface area (Å²) in [6.45, 7) is 1.87. The second kappa shape index (κ2) is 7.64. The van der Waals surface area contributed by atoms with Gasteiger partial charge in [-0.25, -0.2) is 4.79 Å². The molecule has 0 radical (unpaired) electrons. The third kappa shape index (κ3) is 5.00. The predicted molar refractivity (Wildman–Crippen MR) is 89.7 cm³/mol. The fourth-order valence-electron chi connectivity index (χ4n) is 2.01. The van der Waals surface area contributed by atoms with Crippen molar-refractivity contribution in [1.29, 1.82) is 0 Å². The van der Waals surface area contributed by atoms with Crippen LogP contribution in [0.5, 0.6) is 0 Å². The Morgan fingerprint density at radius 3 is 2.70 bits per heavy atom. The summed E-state index contributed by atoms with van der Waals surface area (Å²) in [4.78, 5) is 23.0. The highest BCUT2D eigenvalue weighted by atomic mass is 35.5. The second-order valence-electron chi connectivity index (χ2n) is 4.95. The maximum atomic E-state index is 11.9. The fourth-order valence-corrected chi connectivity index (χ4v) is 2.18. The van der Waals surface area contributed by atoms with E-state index in [9.17, 15) is 9.59 Å². The lowest BCUT2D eigenvalue weighted by molar-refractivity contribution is -0.114. The molecule has 23 heavy (non-hydrogen) atoms. The Bertz CT molecular complexity index is 714. The summed E-state index contributed by atoms with van der Waals surface area (Å²) >= 11 is 5.98. The monoisotopic (exact) mass is 335 g/mol. The SMILES string of the molecule is CC(=O)Nc1cc(NC(=O)NCCc2ccnn2C)ccc1Cl. The van der Waals surface area contributed by atoms with Crippen molar-refractivity contribution >= 4 is 34.9 Å². The number of anilines is 2. The van der Waals surface area contributed by atoms with E-state index in [1.165, 1.54) is 6.92 Å². The number of urea groups is 1. The van der Waals surface area contributed by atoms with Crippen LogP contribution in [0, 0.1) is 0 Å². The maximum Gasteiger partial charge on any atom is 0.319 e. The van der Waals surface area contributed by atoms with Crippen LogP contribution in [0.3, 0.4) is 0 Å². The number of halogens is 1. The zero-order valence-electron chi connectivity index (χ0n) is 12.9. The number of carbonyl (C=O) groups is 2. The molecule has 0 aliphatic rings. The van der Waals surface area contributed by atoms with E-state index in [1.54, 1.807) is 29.1 Å². The number of hydrogen-bond donors (Lipinski definition) is 3. The predicted octanol–water partition coefficient (Wildman–Crippen LogP) is 2.40. The Kier molecular flexibility index (Phi) is 5.59. The molecular weight excluding hydrogens is 318 g/mol. The number of amides is 3. The lowest BCUT2D eigenvalue weighted by Gasteiger charge is -2.10. The number of benzene rings is 1. The topological polar surface area (TPSA) is 88.1 Å². The molecule has 2 rings (SSSR count). The summed E-state index contributed by atoms with van der Waals surface area (Å²) in [5.41, 5.74) is 2.02. The lowest BCUT2D eigenvalue weighted by Crippen LogP contribution is -2.30. The van der Waals surface area contributed by atoms with Crippen molar-refractivity contribution < 1.29 is 9.59 Å². The first-order valence-electron chi connectivity index (χ1n) is 7.04. The number of hydrogen-bond acceptors (Lipinski definition) is 3. The highest BCUT2D eigenvalue weighted by molar-refractivity contribution is 6.33. The molecule has 0 atom stereocenters. The van der Waals surface area contributed by atoms with E-state index in [2.05, 4.69) is 21.0 Å². The average Bonchev–Trinajstić information content (AvgIpc) is 2.87. The van der Waals surface area contributed by atoms with E-state index in [0.717, 1.165) is 5.69 Å². The van der Waals surface area contributed by atoms with Gasteiger partial charge in [0, 0.05) is 44.5 Å². The zero-order valence-corrected chi connectivity index (χ0v) is 13.6. The lowest BCUT2D eigenvalue weighted by atomic mass is 10.2. The first-order chi connectivity index (χ1) is 11.0. The minimum absolute atomic E-state index is 0.232. The summed E-state index contributed by atoms with van der Waals surface area (Å²) in [5.74, 6) is -0.232. The van der Waals surface area contributed by atoms with Crippen LogP contribution < -0.4 is 16.0 Å². The van der Waals surface area contributed by atoms with Crippen molar-refractivity contribution in [2.24, 2.45) is 7.05 Å². The van der Waals surface area contributed by atoms with E-state index >= 15 is 0 Å². The van der Waals surface area contributed by atoms with Gasteiger partial charge in [0.15, 0.2) is 0 Å². The molecule has 3 amide bonds. The minimum Gasteiger partial charge on any atom is -0.337 e. The standard InChI is InChI=1S/C15H18ClN5O2/c1-10(22)19-14-9-11(3-4-13(14)16)20-15(23)17-7-5-12-6-8-18-21(12)2/h3-4,6,8-9H,5,7H2,1-2H3,(H,19,22)(H2,17,20,23). The molecule has 0 saturated carbocycles. The third-order valence-corrected chi connectivity index (χ3v) is 3.45. The molecule has 0 aliphatic carbocycles. The van der Waals surface area contributed by atoms with Crippen molar-refractivity contribution in [3.05, 3.63) is 41.2 Å². The normalized spacial score (nSPS) is 10.2. The summed E-state index contributed by atoms with van der Waals surface area (Å²) in [5, 5.41) is 12.5. The van der Waals surface area contributed by atoms with Crippen molar-refractivity contribution in [3.63, 3.8) is 0 Å². The van der Waals surface area contributed by atoms with Gasteiger partial charge in [0.1, 0.15) is 0 Å². The smallest absolute Gasteiger partial charge is 0.319 e. The van der Waals surface area contributed by atoms with Gasteiger partial charge >= 0.3 is 6.03 Å². The number of nitrogens with one attached hydrogen (secondary N) is 3. The molecule has 0 aliphatic heterocycles. The van der Waals surface area contributed by atoms with Crippen molar-refractivity contribution in [2.45, 2.75) is 13.3 Å². The Balaban J connectivity index is 1.87. The van der Waals surface area contributed by atoms with Crippen molar-refractivity contribution in [2.75, 3.05) is 17.2 Å². The number of carbonyl (C=O) groups excluding carboxylic acids is 2. The Morgan fingerprint density at radius 2 is 2.04 bits per heavy atom. The highest BCUT2D eigenvalue weighted by Crippen LogP contribution is 2.25. The first kappa shape index (κ1) is 16.8. The molecule has 3 N–H and O–H groups in total. The van der Waals surface area contributed by atoms with Gasteiger partial charge in [0.05, 0.1) is 10.7 Å². The zero-order chi connectivity index (χ0) is 16.8. The van der Waals surface area contributed by atoms with Gasteiger partial charge < -0.3 is 16.0 Å². The average molecular weight is 336 g/mol. The van der Waals surface area contributed by atoms with Gasteiger partial charge in [-0.05, 0) is 24.3 Å². The largest absolute Gasteiger partial charge is 0.337 e. The third-order valence-electron chi connectivity index (χ3n) is 3.12. The molecule has 1 aromatic heterocycles. The van der Waals surface area contributed by atoms with E-state index in [-0.39, 0.29) is 11.9 Å². The molecule has 7 nitrogen and oxygen atoms in total. The molecule has 122 valence electrons.